The fourth-order valence-corrected chi connectivity index (χ4v) is 2.05. The minimum atomic E-state index is 0.670. The Hall–Kier alpha value is -1.47. The van der Waals surface area contributed by atoms with E-state index in [0.29, 0.717) is 5.69 Å². The van der Waals surface area contributed by atoms with E-state index in [9.17, 15) is 0 Å². The molecular weight excluding hydrogens is 322 g/mol. The Bertz CT molecular complexity index is 557. The Morgan fingerprint density at radius 3 is 2.95 bits per heavy atom. The molecular formula is C13H18BrN5O. The highest BCUT2D eigenvalue weighted by Gasteiger charge is 2.09. The molecule has 2 aromatic rings. The smallest absolute Gasteiger partial charge is 0.182 e. The second-order valence-corrected chi connectivity index (χ2v) is 5.28. The molecule has 1 heterocycles. The summed E-state index contributed by atoms with van der Waals surface area (Å²) in [4.78, 5) is 0. The molecule has 0 fully saturated rings. The predicted molar refractivity (Wildman–Crippen MR) is 81.1 cm³/mol. The van der Waals surface area contributed by atoms with Crippen molar-refractivity contribution in [3.63, 3.8) is 0 Å². The van der Waals surface area contributed by atoms with E-state index >= 15 is 0 Å². The van der Waals surface area contributed by atoms with Crippen molar-refractivity contribution >= 4 is 21.6 Å². The van der Waals surface area contributed by atoms with Crippen molar-refractivity contribution in [2.45, 2.75) is 26.3 Å². The molecule has 0 bridgehead atoms. The summed E-state index contributed by atoms with van der Waals surface area (Å²) in [5, 5.41) is 11.8. The molecule has 0 atom stereocenters. The molecule has 0 aliphatic heterocycles. The van der Waals surface area contributed by atoms with Crippen LogP contribution in [0.2, 0.25) is 0 Å². The fourth-order valence-electron chi connectivity index (χ4n) is 1.81. The number of aryl methyl sites for hydroxylation is 1. The van der Waals surface area contributed by atoms with Crippen LogP contribution in [0, 0.1) is 0 Å². The molecule has 6 nitrogen and oxygen atoms in total. The minimum absolute atomic E-state index is 0.670. The topological polar surface area (TPSA) is 78.8 Å². The number of nitrogen functional groups attached to an aromatic ring is 1. The van der Waals surface area contributed by atoms with Crippen LogP contribution in [0.25, 0.3) is 11.4 Å². The third-order valence-electron chi connectivity index (χ3n) is 2.79. The SMILES string of the molecule is CCCOCCCn1nnnc1-c1ccc(Br)c(N)c1. The number of nitrogens with two attached hydrogens (primary N) is 1. The lowest BCUT2D eigenvalue weighted by atomic mass is 10.2. The molecule has 2 N–H and O–H groups in total. The lowest BCUT2D eigenvalue weighted by Gasteiger charge is -2.06. The predicted octanol–water partition coefficient (Wildman–Crippen LogP) is 2.50. The van der Waals surface area contributed by atoms with Crippen molar-refractivity contribution in [1.29, 1.82) is 0 Å². The number of hydrogen-bond acceptors (Lipinski definition) is 5. The fraction of sp³-hybridized carbons (Fsp3) is 0.462. The van der Waals surface area contributed by atoms with E-state index < -0.39 is 0 Å². The van der Waals surface area contributed by atoms with Gasteiger partial charge in [0.2, 0.25) is 0 Å². The van der Waals surface area contributed by atoms with E-state index in [0.717, 1.165) is 48.5 Å². The number of hydrogen-bond donors (Lipinski definition) is 1. The number of benzene rings is 1. The van der Waals surface area contributed by atoms with Gasteiger partial charge < -0.3 is 10.5 Å². The number of anilines is 1. The van der Waals surface area contributed by atoms with Crippen LogP contribution in [-0.2, 0) is 11.3 Å². The van der Waals surface area contributed by atoms with Crippen LogP contribution in [0.15, 0.2) is 22.7 Å². The maximum Gasteiger partial charge on any atom is 0.182 e. The first-order chi connectivity index (χ1) is 9.72. The van der Waals surface area contributed by atoms with Crippen molar-refractivity contribution in [3.05, 3.63) is 22.7 Å². The van der Waals surface area contributed by atoms with Crippen LogP contribution in [0.4, 0.5) is 5.69 Å². The summed E-state index contributed by atoms with van der Waals surface area (Å²) in [6.45, 7) is 4.33. The number of halogens is 1. The van der Waals surface area contributed by atoms with Gasteiger partial charge in [0.1, 0.15) is 0 Å². The molecule has 20 heavy (non-hydrogen) atoms. The Balaban J connectivity index is 2.02. The van der Waals surface area contributed by atoms with Gasteiger partial charge in [-0.05, 0) is 57.4 Å². The molecule has 1 aromatic carbocycles. The van der Waals surface area contributed by atoms with Gasteiger partial charge in [-0.3, -0.25) is 0 Å². The van der Waals surface area contributed by atoms with E-state index in [1.165, 1.54) is 0 Å². The summed E-state index contributed by atoms with van der Waals surface area (Å²) in [7, 11) is 0. The molecule has 0 aliphatic rings. The van der Waals surface area contributed by atoms with Crippen LogP contribution in [-0.4, -0.2) is 33.4 Å². The third-order valence-corrected chi connectivity index (χ3v) is 3.52. The van der Waals surface area contributed by atoms with E-state index in [-0.39, 0.29) is 0 Å². The summed E-state index contributed by atoms with van der Waals surface area (Å²) in [5.74, 6) is 0.722. The normalized spacial score (nSPS) is 10.9. The van der Waals surface area contributed by atoms with Crippen LogP contribution >= 0.6 is 15.9 Å². The Morgan fingerprint density at radius 2 is 2.20 bits per heavy atom. The van der Waals surface area contributed by atoms with Crippen LogP contribution in [0.1, 0.15) is 19.8 Å². The van der Waals surface area contributed by atoms with Gasteiger partial charge in [-0.25, -0.2) is 4.68 Å². The van der Waals surface area contributed by atoms with E-state index in [2.05, 4.69) is 38.4 Å². The van der Waals surface area contributed by atoms with Gasteiger partial charge in [0.05, 0.1) is 0 Å². The monoisotopic (exact) mass is 339 g/mol. The zero-order chi connectivity index (χ0) is 14.4. The first kappa shape index (κ1) is 14.9. The number of nitrogens with zero attached hydrogens (tertiary/aromatic N) is 4. The van der Waals surface area contributed by atoms with Crippen molar-refractivity contribution < 1.29 is 4.74 Å². The van der Waals surface area contributed by atoms with Gasteiger partial charge in [-0.1, -0.05) is 6.92 Å². The van der Waals surface area contributed by atoms with Crippen molar-refractivity contribution in [2.75, 3.05) is 18.9 Å². The van der Waals surface area contributed by atoms with Gasteiger partial charge >= 0.3 is 0 Å². The summed E-state index contributed by atoms with van der Waals surface area (Å²) >= 11 is 3.38. The Labute approximate surface area is 126 Å². The maximum absolute atomic E-state index is 5.89. The molecule has 0 radical (unpaired) electrons. The van der Waals surface area contributed by atoms with Gasteiger partial charge in [-0.15, -0.1) is 5.10 Å². The average molecular weight is 340 g/mol. The first-order valence-corrected chi connectivity index (χ1v) is 7.41. The van der Waals surface area contributed by atoms with E-state index in [4.69, 9.17) is 10.5 Å². The zero-order valence-corrected chi connectivity index (χ0v) is 13.0. The molecule has 2 rings (SSSR count). The maximum atomic E-state index is 5.89. The summed E-state index contributed by atoms with van der Waals surface area (Å²) < 4.78 is 8.10. The molecule has 0 spiro atoms. The molecule has 0 aliphatic carbocycles. The molecule has 7 heteroatoms. The Morgan fingerprint density at radius 1 is 1.35 bits per heavy atom. The molecule has 0 saturated heterocycles. The van der Waals surface area contributed by atoms with Crippen molar-refractivity contribution in [2.24, 2.45) is 0 Å². The van der Waals surface area contributed by atoms with Crippen LogP contribution in [0.3, 0.4) is 0 Å². The van der Waals surface area contributed by atoms with E-state index in [1.54, 1.807) is 4.68 Å². The Kier molecular flexibility index (Phi) is 5.49. The van der Waals surface area contributed by atoms with E-state index in [1.807, 2.05) is 18.2 Å². The van der Waals surface area contributed by atoms with Crippen LogP contribution < -0.4 is 5.73 Å². The van der Waals surface area contributed by atoms with Gasteiger partial charge in [0.15, 0.2) is 5.82 Å². The number of ether oxygens (including phenoxy) is 1. The number of tetrazole rings is 1. The van der Waals surface area contributed by atoms with Crippen molar-refractivity contribution in [1.82, 2.24) is 20.2 Å². The zero-order valence-electron chi connectivity index (χ0n) is 11.4. The second-order valence-electron chi connectivity index (χ2n) is 4.43. The molecule has 108 valence electrons. The molecule has 0 saturated carbocycles. The lowest BCUT2D eigenvalue weighted by molar-refractivity contribution is 0.128. The molecule has 0 amide bonds. The number of aromatic nitrogens is 4. The summed E-state index contributed by atoms with van der Waals surface area (Å²) in [5.41, 5.74) is 7.46. The lowest BCUT2D eigenvalue weighted by Crippen LogP contribution is -2.06. The van der Waals surface area contributed by atoms with Gasteiger partial charge in [-0.2, -0.15) is 0 Å². The van der Waals surface area contributed by atoms with Gasteiger partial charge in [0, 0.05) is 35.5 Å². The highest BCUT2D eigenvalue weighted by Crippen LogP contribution is 2.25. The highest BCUT2D eigenvalue weighted by atomic mass is 79.9. The second kappa shape index (κ2) is 7.35. The van der Waals surface area contributed by atoms with Gasteiger partial charge in [0.25, 0.3) is 0 Å². The third kappa shape index (κ3) is 3.77. The highest BCUT2D eigenvalue weighted by molar-refractivity contribution is 9.10. The number of rotatable bonds is 7. The molecule has 1 aromatic heterocycles. The molecule has 0 unspecified atom stereocenters. The largest absolute Gasteiger partial charge is 0.398 e. The minimum Gasteiger partial charge on any atom is -0.398 e. The van der Waals surface area contributed by atoms with Crippen molar-refractivity contribution in [3.8, 4) is 11.4 Å². The quantitative estimate of drug-likeness (QED) is 0.619. The summed E-state index contributed by atoms with van der Waals surface area (Å²) in [6.07, 6.45) is 1.92. The van der Waals surface area contributed by atoms with Crippen LogP contribution in [0.5, 0.6) is 0 Å². The first-order valence-electron chi connectivity index (χ1n) is 6.61. The standard InChI is InChI=1S/C13H18BrN5O/c1-2-7-20-8-3-6-19-13(16-17-18-19)10-4-5-11(14)12(15)9-10/h4-5,9H,2-3,6-8,15H2,1H3. The summed E-state index contributed by atoms with van der Waals surface area (Å²) in [6, 6.07) is 5.70. The average Bonchev–Trinajstić information content (AvgIpc) is 2.90.